The van der Waals surface area contributed by atoms with Gasteiger partial charge in [-0.05, 0) is 13.0 Å². The summed E-state index contributed by atoms with van der Waals surface area (Å²) in [5.41, 5.74) is -0.0145. The monoisotopic (exact) mass is 195 g/mol. The number of allylic oxidation sites excluding steroid dienone is 2. The molecule has 1 atom stereocenters. The number of hydrogen-bond acceptors (Lipinski definition) is 2. The number of rotatable bonds is 2. The van der Waals surface area contributed by atoms with E-state index < -0.39 is 0 Å². The molecule has 0 saturated carbocycles. The predicted molar refractivity (Wildman–Crippen MR) is 55.8 cm³/mol. The van der Waals surface area contributed by atoms with Gasteiger partial charge in [0.1, 0.15) is 6.61 Å². The van der Waals surface area contributed by atoms with Crippen LogP contribution >= 0.6 is 0 Å². The van der Waals surface area contributed by atoms with Crippen molar-refractivity contribution >= 4 is 6.09 Å². The zero-order valence-electron chi connectivity index (χ0n) is 8.99. The van der Waals surface area contributed by atoms with E-state index in [-0.39, 0.29) is 17.6 Å². The van der Waals surface area contributed by atoms with Crippen molar-refractivity contribution in [1.82, 2.24) is 4.90 Å². The van der Waals surface area contributed by atoms with Crippen LogP contribution < -0.4 is 0 Å². The minimum Gasteiger partial charge on any atom is -0.449 e. The first-order valence-electron chi connectivity index (χ1n) is 4.73. The molecule has 1 saturated heterocycles. The molecule has 3 nitrogen and oxygen atoms in total. The molecule has 1 heterocycles. The maximum atomic E-state index is 11.4. The lowest BCUT2D eigenvalue weighted by molar-refractivity contribution is -0.00676. The van der Waals surface area contributed by atoms with Crippen molar-refractivity contribution in [3.63, 3.8) is 0 Å². The number of amides is 1. The van der Waals surface area contributed by atoms with Gasteiger partial charge in [0, 0.05) is 17.7 Å². The van der Waals surface area contributed by atoms with Gasteiger partial charge >= 0.3 is 6.09 Å². The first-order chi connectivity index (χ1) is 6.49. The maximum absolute atomic E-state index is 11.4. The third kappa shape index (κ3) is 1.97. The summed E-state index contributed by atoms with van der Waals surface area (Å²) in [7, 11) is 0. The molecular formula is C11H17NO2. The Hall–Kier alpha value is -1.25. The highest BCUT2D eigenvalue weighted by Crippen LogP contribution is 2.30. The number of nitrogens with zero attached hydrogens (tertiary/aromatic N) is 1. The van der Waals surface area contributed by atoms with Crippen LogP contribution in [-0.4, -0.2) is 23.6 Å². The molecule has 14 heavy (non-hydrogen) atoms. The second-order valence-electron chi connectivity index (χ2n) is 4.20. The first kappa shape index (κ1) is 10.8. The van der Waals surface area contributed by atoms with Gasteiger partial charge in [-0.2, -0.15) is 0 Å². The van der Waals surface area contributed by atoms with E-state index in [0.29, 0.717) is 6.61 Å². The average Bonchev–Trinajstić information content (AvgIpc) is 2.13. The summed E-state index contributed by atoms with van der Waals surface area (Å²) in [5, 5.41) is 0. The summed E-state index contributed by atoms with van der Waals surface area (Å²) in [5.74, 6) is 0. The fourth-order valence-corrected chi connectivity index (χ4v) is 1.32. The lowest BCUT2D eigenvalue weighted by Crippen LogP contribution is -2.51. The van der Waals surface area contributed by atoms with Gasteiger partial charge in [-0.25, -0.2) is 4.79 Å². The SMILES string of the molecule is C=C/C=C\N1C(=O)OCC(C)(C)C1C. The van der Waals surface area contributed by atoms with Crippen molar-refractivity contribution in [3.05, 3.63) is 24.9 Å². The molecule has 1 aliphatic rings. The Morgan fingerprint density at radius 2 is 2.29 bits per heavy atom. The van der Waals surface area contributed by atoms with E-state index in [0.717, 1.165) is 0 Å². The Labute approximate surface area is 85.0 Å². The second kappa shape index (κ2) is 3.86. The van der Waals surface area contributed by atoms with E-state index in [4.69, 9.17) is 4.74 Å². The van der Waals surface area contributed by atoms with Crippen LogP contribution in [0.4, 0.5) is 4.79 Å². The quantitative estimate of drug-likeness (QED) is 0.634. The van der Waals surface area contributed by atoms with Crippen LogP contribution in [0.2, 0.25) is 0 Å². The van der Waals surface area contributed by atoms with E-state index in [1.165, 1.54) is 0 Å². The van der Waals surface area contributed by atoms with Gasteiger partial charge in [0.05, 0.1) is 0 Å². The smallest absolute Gasteiger partial charge is 0.414 e. The molecule has 1 rings (SSSR count). The van der Waals surface area contributed by atoms with Crippen molar-refractivity contribution < 1.29 is 9.53 Å². The molecule has 0 bridgehead atoms. The van der Waals surface area contributed by atoms with Crippen LogP contribution in [0, 0.1) is 5.41 Å². The van der Waals surface area contributed by atoms with Crippen LogP contribution in [-0.2, 0) is 4.74 Å². The predicted octanol–water partition coefficient (Wildman–Crippen LogP) is 2.55. The molecule has 0 spiro atoms. The Morgan fingerprint density at radius 1 is 1.64 bits per heavy atom. The summed E-state index contributed by atoms with van der Waals surface area (Å²) in [6.07, 6.45) is 4.80. The minimum atomic E-state index is -0.282. The molecule has 0 aromatic carbocycles. The number of hydrogen-bond donors (Lipinski definition) is 0. The Bertz CT molecular complexity index is 268. The van der Waals surface area contributed by atoms with Gasteiger partial charge in [0.2, 0.25) is 0 Å². The fourth-order valence-electron chi connectivity index (χ4n) is 1.32. The van der Waals surface area contributed by atoms with Crippen LogP contribution in [0.25, 0.3) is 0 Å². The standard InChI is InChI=1S/C11H17NO2/c1-5-6-7-12-9(2)11(3,4)8-14-10(12)13/h5-7,9H,1,8H2,2-4H3/b7-6-. The Kier molecular flexibility index (Phi) is 2.99. The molecule has 1 amide bonds. The summed E-state index contributed by atoms with van der Waals surface area (Å²) >= 11 is 0. The van der Waals surface area contributed by atoms with Gasteiger partial charge in [-0.1, -0.05) is 26.5 Å². The summed E-state index contributed by atoms with van der Waals surface area (Å²) in [4.78, 5) is 13.0. The van der Waals surface area contributed by atoms with Gasteiger partial charge in [0.25, 0.3) is 0 Å². The van der Waals surface area contributed by atoms with E-state index in [9.17, 15) is 4.79 Å². The molecule has 0 aliphatic carbocycles. The van der Waals surface area contributed by atoms with E-state index >= 15 is 0 Å². The van der Waals surface area contributed by atoms with Crippen molar-refractivity contribution in [2.24, 2.45) is 5.41 Å². The molecule has 1 unspecified atom stereocenters. The number of carbonyl (C=O) groups excluding carboxylic acids is 1. The summed E-state index contributed by atoms with van der Waals surface area (Å²) in [6, 6.07) is 0.139. The molecular weight excluding hydrogens is 178 g/mol. The van der Waals surface area contributed by atoms with Crippen LogP contribution in [0.5, 0.6) is 0 Å². The number of cyclic esters (lactones) is 1. The van der Waals surface area contributed by atoms with Crippen LogP contribution in [0.15, 0.2) is 24.9 Å². The highest BCUT2D eigenvalue weighted by atomic mass is 16.6. The summed E-state index contributed by atoms with van der Waals surface area (Å²) < 4.78 is 5.07. The van der Waals surface area contributed by atoms with Crippen molar-refractivity contribution in [3.8, 4) is 0 Å². The van der Waals surface area contributed by atoms with E-state index in [1.807, 2.05) is 6.92 Å². The average molecular weight is 195 g/mol. The third-order valence-corrected chi connectivity index (χ3v) is 2.71. The third-order valence-electron chi connectivity index (χ3n) is 2.71. The fraction of sp³-hybridized carbons (Fsp3) is 0.545. The van der Waals surface area contributed by atoms with Crippen LogP contribution in [0.1, 0.15) is 20.8 Å². The molecule has 1 aliphatic heterocycles. The first-order valence-corrected chi connectivity index (χ1v) is 4.73. The van der Waals surface area contributed by atoms with Gasteiger partial charge < -0.3 is 4.74 Å². The largest absolute Gasteiger partial charge is 0.449 e. The van der Waals surface area contributed by atoms with E-state index in [1.54, 1.807) is 23.3 Å². The summed E-state index contributed by atoms with van der Waals surface area (Å²) in [6.45, 7) is 10.2. The van der Waals surface area contributed by atoms with E-state index in [2.05, 4.69) is 20.4 Å². The molecule has 0 aromatic heterocycles. The molecule has 1 fully saturated rings. The lowest BCUT2D eigenvalue weighted by Gasteiger charge is -2.41. The van der Waals surface area contributed by atoms with Crippen LogP contribution in [0.3, 0.4) is 0 Å². The zero-order chi connectivity index (χ0) is 10.8. The normalized spacial score (nSPS) is 26.4. The maximum Gasteiger partial charge on any atom is 0.414 e. The Balaban J connectivity index is 2.84. The molecule has 3 heteroatoms. The van der Waals surface area contributed by atoms with Crippen molar-refractivity contribution in [1.29, 1.82) is 0 Å². The molecule has 0 aromatic rings. The lowest BCUT2D eigenvalue weighted by atomic mass is 9.84. The zero-order valence-corrected chi connectivity index (χ0v) is 8.99. The Morgan fingerprint density at radius 3 is 2.86 bits per heavy atom. The topological polar surface area (TPSA) is 29.5 Å². The second-order valence-corrected chi connectivity index (χ2v) is 4.20. The molecule has 78 valence electrons. The highest BCUT2D eigenvalue weighted by molar-refractivity contribution is 5.70. The van der Waals surface area contributed by atoms with Gasteiger partial charge in [0.15, 0.2) is 0 Å². The molecule has 0 N–H and O–H groups in total. The molecule has 0 radical (unpaired) electrons. The van der Waals surface area contributed by atoms with Gasteiger partial charge in [-0.15, -0.1) is 0 Å². The number of ether oxygens (including phenoxy) is 1. The minimum absolute atomic E-state index is 0.0145. The highest BCUT2D eigenvalue weighted by Gasteiger charge is 2.38. The van der Waals surface area contributed by atoms with Crippen molar-refractivity contribution in [2.45, 2.75) is 26.8 Å². The van der Waals surface area contributed by atoms with Gasteiger partial charge in [-0.3, -0.25) is 4.90 Å². The number of carbonyl (C=O) groups is 1. The van der Waals surface area contributed by atoms with Crippen molar-refractivity contribution in [2.75, 3.05) is 6.61 Å².